The van der Waals surface area contributed by atoms with E-state index in [4.69, 9.17) is 4.74 Å². The predicted molar refractivity (Wildman–Crippen MR) is 117 cm³/mol. The zero-order valence-electron chi connectivity index (χ0n) is 19.6. The monoisotopic (exact) mass is 470 g/mol. The molecular weight excluding hydrogens is 436 g/mol. The fraction of sp³-hybridized carbons (Fsp3) is 0.720. The topological polar surface area (TPSA) is 41.6 Å². The maximum atomic E-state index is 14.4. The van der Waals surface area contributed by atoms with Crippen LogP contribution in [0, 0.1) is 23.1 Å². The molecule has 1 aliphatic carbocycles. The highest BCUT2D eigenvalue weighted by molar-refractivity contribution is 5.84. The second-order valence-electron chi connectivity index (χ2n) is 10.4. The molecule has 0 bridgehead atoms. The maximum Gasteiger partial charge on any atom is 0.416 e. The minimum atomic E-state index is -4.62. The molecule has 4 atom stereocenters. The van der Waals surface area contributed by atoms with Crippen LogP contribution in [0.1, 0.15) is 63.1 Å². The second-order valence-corrected chi connectivity index (χ2v) is 10.4. The Hall–Kier alpha value is -1.67. The van der Waals surface area contributed by atoms with E-state index in [2.05, 4.69) is 26.1 Å². The average molecular weight is 471 g/mol. The largest absolute Gasteiger partial charge is 0.416 e. The molecule has 2 aliphatic heterocycles. The summed E-state index contributed by atoms with van der Waals surface area (Å²) >= 11 is 0. The lowest BCUT2D eigenvalue weighted by atomic mass is 9.73. The van der Waals surface area contributed by atoms with E-state index in [0.717, 1.165) is 38.5 Å². The Kier molecular flexibility index (Phi) is 6.80. The Labute approximate surface area is 193 Å². The molecule has 0 spiro atoms. The predicted octanol–water partition coefficient (Wildman–Crippen LogP) is 4.94. The molecular formula is C25H34F4N2O2. The summed E-state index contributed by atoms with van der Waals surface area (Å²) in [4.78, 5) is 15.5. The summed E-state index contributed by atoms with van der Waals surface area (Å²) in [5, 5.41) is 3.76. The SMILES string of the molecule is CC1COCCC1N[C@@H]1CC[C@@](C(=O)N2CCc3c(F)cc(C(F)(F)F)cc3C2)(C(C)C)C1. The number of rotatable bonds is 4. The van der Waals surface area contributed by atoms with Crippen molar-refractivity contribution in [3.63, 3.8) is 0 Å². The number of nitrogens with one attached hydrogen (secondary N) is 1. The Morgan fingerprint density at radius 1 is 1.27 bits per heavy atom. The Bertz CT molecular complexity index is 888. The average Bonchev–Trinajstić information content (AvgIpc) is 3.19. The van der Waals surface area contributed by atoms with Gasteiger partial charge in [-0.2, -0.15) is 13.2 Å². The summed E-state index contributed by atoms with van der Waals surface area (Å²) in [5.41, 5.74) is -0.985. The van der Waals surface area contributed by atoms with Crippen molar-refractivity contribution >= 4 is 5.91 Å². The van der Waals surface area contributed by atoms with E-state index >= 15 is 0 Å². The molecule has 4 nitrogen and oxygen atoms in total. The van der Waals surface area contributed by atoms with Crippen LogP contribution < -0.4 is 5.32 Å². The van der Waals surface area contributed by atoms with E-state index in [1.165, 1.54) is 0 Å². The number of alkyl halides is 3. The molecule has 4 rings (SSSR count). The van der Waals surface area contributed by atoms with Crippen molar-refractivity contribution in [2.45, 2.75) is 77.7 Å². The minimum Gasteiger partial charge on any atom is -0.381 e. The number of carbonyl (C=O) groups excluding carboxylic acids is 1. The van der Waals surface area contributed by atoms with Crippen LogP contribution >= 0.6 is 0 Å². The molecule has 2 fully saturated rings. The number of fused-ring (bicyclic) bond motifs is 1. The molecule has 2 heterocycles. The molecule has 1 amide bonds. The lowest BCUT2D eigenvalue weighted by Gasteiger charge is -2.40. The standard InChI is InChI=1S/C25H34F4N2O2/c1-15(2)24(7-4-19(12-24)30-22-6-9-33-14-16(22)3)23(32)31-8-5-20-17(13-31)10-18(11-21(20)26)25(27,28)29/h10-11,15-16,19,22,30H,4-9,12-14H2,1-3H3/t16?,19-,22?,24+/m1/s1. The number of carbonyl (C=O) groups is 1. The Balaban J connectivity index is 1.51. The van der Waals surface area contributed by atoms with E-state index in [-0.39, 0.29) is 36.4 Å². The van der Waals surface area contributed by atoms with E-state index in [1.807, 2.05) is 0 Å². The van der Waals surface area contributed by atoms with E-state index in [9.17, 15) is 22.4 Å². The van der Waals surface area contributed by atoms with Gasteiger partial charge in [0.1, 0.15) is 5.82 Å². The number of hydrogen-bond donors (Lipinski definition) is 1. The first-order valence-corrected chi connectivity index (χ1v) is 12.0. The third-order valence-corrected chi connectivity index (χ3v) is 8.07. The van der Waals surface area contributed by atoms with Crippen molar-refractivity contribution in [3.8, 4) is 0 Å². The van der Waals surface area contributed by atoms with E-state index < -0.39 is 23.0 Å². The smallest absolute Gasteiger partial charge is 0.381 e. The zero-order valence-corrected chi connectivity index (χ0v) is 19.6. The summed E-state index contributed by atoms with van der Waals surface area (Å²) in [6, 6.07) is 2.17. The molecule has 3 aliphatic rings. The van der Waals surface area contributed by atoms with Crippen molar-refractivity contribution in [2.75, 3.05) is 19.8 Å². The normalized spacial score (nSPS) is 30.5. The number of hydrogen-bond acceptors (Lipinski definition) is 3. The quantitative estimate of drug-likeness (QED) is 0.634. The summed E-state index contributed by atoms with van der Waals surface area (Å²) in [6.07, 6.45) is -1.07. The van der Waals surface area contributed by atoms with Crippen LogP contribution in [0.15, 0.2) is 12.1 Å². The number of benzene rings is 1. The molecule has 1 aromatic carbocycles. The highest BCUT2D eigenvalue weighted by Gasteiger charge is 2.50. The third-order valence-electron chi connectivity index (χ3n) is 8.07. The number of ether oxygens (including phenoxy) is 1. The first-order chi connectivity index (χ1) is 15.5. The van der Waals surface area contributed by atoms with Crippen LogP contribution in [0.4, 0.5) is 17.6 Å². The van der Waals surface area contributed by atoms with E-state index in [0.29, 0.717) is 36.6 Å². The highest BCUT2D eigenvalue weighted by atomic mass is 19.4. The van der Waals surface area contributed by atoms with Crippen molar-refractivity contribution < 1.29 is 27.1 Å². The molecule has 0 radical (unpaired) electrons. The summed E-state index contributed by atoms with van der Waals surface area (Å²) < 4.78 is 59.5. The van der Waals surface area contributed by atoms with Gasteiger partial charge in [-0.25, -0.2) is 4.39 Å². The molecule has 8 heteroatoms. The first kappa shape index (κ1) is 24.5. The van der Waals surface area contributed by atoms with E-state index in [1.54, 1.807) is 4.90 Å². The van der Waals surface area contributed by atoms with Gasteiger partial charge in [-0.05, 0) is 67.2 Å². The molecule has 2 unspecified atom stereocenters. The fourth-order valence-electron chi connectivity index (χ4n) is 5.91. The van der Waals surface area contributed by atoms with Crippen molar-refractivity contribution in [2.24, 2.45) is 17.3 Å². The van der Waals surface area contributed by atoms with Gasteiger partial charge >= 0.3 is 6.18 Å². The third kappa shape index (κ3) is 4.78. The lowest BCUT2D eigenvalue weighted by molar-refractivity contribution is -0.146. The van der Waals surface area contributed by atoms with Crippen LogP contribution in [0.2, 0.25) is 0 Å². The zero-order chi connectivity index (χ0) is 24.0. The first-order valence-electron chi connectivity index (χ1n) is 12.0. The highest BCUT2D eigenvalue weighted by Crippen LogP contribution is 2.47. The van der Waals surface area contributed by atoms with Gasteiger partial charge in [0.25, 0.3) is 0 Å². The Morgan fingerprint density at radius 3 is 2.70 bits per heavy atom. The molecule has 184 valence electrons. The molecule has 1 N–H and O–H groups in total. The van der Waals surface area contributed by atoms with Gasteiger partial charge in [0.15, 0.2) is 0 Å². The summed E-state index contributed by atoms with van der Waals surface area (Å²) in [5.74, 6) is -0.324. The molecule has 1 saturated heterocycles. The lowest BCUT2D eigenvalue weighted by Crippen LogP contribution is -2.49. The van der Waals surface area contributed by atoms with Crippen LogP contribution in [0.3, 0.4) is 0 Å². The number of halogens is 4. The van der Waals surface area contributed by atoms with Gasteiger partial charge in [-0.15, -0.1) is 0 Å². The van der Waals surface area contributed by atoms with Gasteiger partial charge in [-0.3, -0.25) is 4.79 Å². The van der Waals surface area contributed by atoms with Crippen LogP contribution in [0.25, 0.3) is 0 Å². The molecule has 1 aromatic rings. The Morgan fingerprint density at radius 2 is 2.03 bits per heavy atom. The van der Waals surface area contributed by atoms with Crippen LogP contribution in [-0.4, -0.2) is 42.6 Å². The molecule has 0 aromatic heterocycles. The van der Waals surface area contributed by atoms with Gasteiger partial charge in [0.2, 0.25) is 5.91 Å². The molecule has 33 heavy (non-hydrogen) atoms. The number of nitrogens with zero attached hydrogens (tertiary/aromatic N) is 1. The van der Waals surface area contributed by atoms with Crippen molar-refractivity contribution in [1.29, 1.82) is 0 Å². The molecule has 1 saturated carbocycles. The van der Waals surface area contributed by atoms with Gasteiger partial charge < -0.3 is 15.0 Å². The van der Waals surface area contributed by atoms with Crippen LogP contribution in [0.5, 0.6) is 0 Å². The maximum absolute atomic E-state index is 14.4. The summed E-state index contributed by atoms with van der Waals surface area (Å²) in [6.45, 7) is 8.12. The van der Waals surface area contributed by atoms with Crippen LogP contribution in [-0.2, 0) is 28.7 Å². The van der Waals surface area contributed by atoms with Gasteiger partial charge in [-0.1, -0.05) is 20.8 Å². The van der Waals surface area contributed by atoms with Gasteiger partial charge in [0, 0.05) is 31.8 Å². The van der Waals surface area contributed by atoms with Crippen molar-refractivity contribution in [3.05, 3.63) is 34.6 Å². The minimum absolute atomic E-state index is 0.00899. The number of amides is 1. The fourth-order valence-corrected chi connectivity index (χ4v) is 5.91. The second kappa shape index (κ2) is 9.17. The summed E-state index contributed by atoms with van der Waals surface area (Å²) in [7, 11) is 0. The van der Waals surface area contributed by atoms with Crippen molar-refractivity contribution in [1.82, 2.24) is 10.2 Å². The van der Waals surface area contributed by atoms with Gasteiger partial charge in [0.05, 0.1) is 17.6 Å².